The Hall–Kier alpha value is -0.250. The van der Waals surface area contributed by atoms with Gasteiger partial charge in [-0.25, -0.2) is 4.18 Å². The molecule has 0 spiro atoms. The molecule has 158 valence electrons. The molecule has 0 aromatic heterocycles. The summed E-state index contributed by atoms with van der Waals surface area (Å²) in [5.41, 5.74) is 0. The molecule has 0 bridgehead atoms. The van der Waals surface area contributed by atoms with Crippen LogP contribution in [0.1, 0.15) is 71.1 Å². The fourth-order valence-corrected chi connectivity index (χ4v) is 3.16. The molecule has 0 aromatic rings. The molecule has 0 unspecified atom stereocenters. The number of nitrogens with one attached hydrogen (secondary N) is 1. The quantitative estimate of drug-likeness (QED) is 0.306. The second-order valence-electron chi connectivity index (χ2n) is 6.75. The molecule has 0 atom stereocenters. The fraction of sp³-hybridized carbons (Fsp3) is 1.00. The minimum atomic E-state index is -4.23. The molecule has 0 aromatic carbocycles. The van der Waals surface area contributed by atoms with Crippen LogP contribution in [0.5, 0.6) is 0 Å². The molecule has 7 nitrogen and oxygen atoms in total. The topological polar surface area (TPSA) is 99.1 Å². The first-order valence-corrected chi connectivity index (χ1v) is 11.5. The van der Waals surface area contributed by atoms with Crippen molar-refractivity contribution in [3.63, 3.8) is 0 Å². The van der Waals surface area contributed by atoms with Gasteiger partial charge >= 0.3 is 10.4 Å². The Morgan fingerprint density at radius 3 is 1.88 bits per heavy atom. The monoisotopic (exact) mass is 396 g/mol. The zero-order valence-electron chi connectivity index (χ0n) is 16.5. The van der Waals surface area contributed by atoms with Crippen LogP contribution in [0.4, 0.5) is 0 Å². The number of aliphatic hydroxyl groups is 1. The van der Waals surface area contributed by atoms with Crippen LogP contribution in [0.25, 0.3) is 0 Å². The first-order valence-electron chi connectivity index (χ1n) is 10.2. The molecule has 3 N–H and O–H groups in total. The van der Waals surface area contributed by atoms with E-state index in [1.54, 1.807) is 0 Å². The zero-order chi connectivity index (χ0) is 19.5. The van der Waals surface area contributed by atoms with E-state index in [-0.39, 0.29) is 6.61 Å². The summed E-state index contributed by atoms with van der Waals surface area (Å²) in [4.78, 5) is 2.26. The average Bonchev–Trinajstić information content (AvgIpc) is 2.60. The van der Waals surface area contributed by atoms with E-state index in [0.29, 0.717) is 13.0 Å². The second-order valence-corrected chi connectivity index (χ2v) is 7.84. The first kappa shape index (κ1) is 25.8. The van der Waals surface area contributed by atoms with Crippen molar-refractivity contribution in [2.45, 2.75) is 71.1 Å². The van der Waals surface area contributed by atoms with Gasteiger partial charge in [-0.1, -0.05) is 64.7 Å². The van der Waals surface area contributed by atoms with E-state index in [2.05, 4.69) is 21.3 Å². The van der Waals surface area contributed by atoms with E-state index in [4.69, 9.17) is 9.66 Å². The Balaban J connectivity index is 0.000000577. The smallest absolute Gasteiger partial charge is 0.395 e. The summed E-state index contributed by atoms with van der Waals surface area (Å²) >= 11 is 0. The van der Waals surface area contributed by atoms with Crippen LogP contribution >= 0.6 is 0 Å². The molecule has 8 heteroatoms. The van der Waals surface area contributed by atoms with Gasteiger partial charge in [0.2, 0.25) is 0 Å². The van der Waals surface area contributed by atoms with Crippen LogP contribution in [0.2, 0.25) is 0 Å². The van der Waals surface area contributed by atoms with Crippen molar-refractivity contribution < 1.29 is 22.3 Å². The normalized spacial score (nSPS) is 15.5. The summed E-state index contributed by atoms with van der Waals surface area (Å²) in [5, 5.41) is 11.8. The highest BCUT2D eigenvalue weighted by molar-refractivity contribution is 7.80. The summed E-state index contributed by atoms with van der Waals surface area (Å²) < 4.78 is 33.0. The van der Waals surface area contributed by atoms with E-state index in [1.807, 2.05) is 0 Å². The van der Waals surface area contributed by atoms with Gasteiger partial charge in [0.15, 0.2) is 0 Å². The van der Waals surface area contributed by atoms with Crippen molar-refractivity contribution in [1.29, 1.82) is 0 Å². The van der Waals surface area contributed by atoms with E-state index in [1.165, 1.54) is 44.9 Å². The number of aliphatic hydroxyl groups excluding tert-OH is 1. The van der Waals surface area contributed by atoms with Crippen molar-refractivity contribution in [2.75, 3.05) is 45.9 Å². The van der Waals surface area contributed by atoms with Crippen LogP contribution in [-0.2, 0) is 14.6 Å². The van der Waals surface area contributed by atoms with Crippen molar-refractivity contribution in [1.82, 2.24) is 10.2 Å². The zero-order valence-corrected chi connectivity index (χ0v) is 17.3. The van der Waals surface area contributed by atoms with Crippen molar-refractivity contribution in [3.05, 3.63) is 0 Å². The first-order chi connectivity index (χ1) is 12.5. The third kappa shape index (κ3) is 20.1. The van der Waals surface area contributed by atoms with Gasteiger partial charge < -0.3 is 10.4 Å². The van der Waals surface area contributed by atoms with E-state index in [9.17, 15) is 8.42 Å². The number of hydrogen-bond donors (Lipinski definition) is 3. The highest BCUT2D eigenvalue weighted by Gasteiger charge is 2.06. The Morgan fingerprint density at radius 2 is 1.42 bits per heavy atom. The highest BCUT2D eigenvalue weighted by Crippen LogP contribution is 2.10. The second kappa shape index (κ2) is 18.1. The average molecular weight is 397 g/mol. The lowest BCUT2D eigenvalue weighted by Gasteiger charge is -2.25. The molecule has 1 aliphatic rings. The summed E-state index contributed by atoms with van der Waals surface area (Å²) in [6, 6.07) is 0. The molecule has 1 aliphatic heterocycles. The maximum Gasteiger partial charge on any atom is 0.397 e. The lowest BCUT2D eigenvalue weighted by atomic mass is 10.1. The van der Waals surface area contributed by atoms with Gasteiger partial charge in [0.1, 0.15) is 0 Å². The van der Waals surface area contributed by atoms with Crippen molar-refractivity contribution in [2.24, 2.45) is 0 Å². The number of unbranched alkanes of at least 4 members (excludes halogenated alkanes) is 9. The molecular weight excluding hydrogens is 356 g/mol. The Labute approximate surface area is 160 Å². The third-order valence-electron chi connectivity index (χ3n) is 4.36. The minimum absolute atomic E-state index is 0.0926. The molecule has 0 saturated carbocycles. The van der Waals surface area contributed by atoms with Gasteiger partial charge in [-0.2, -0.15) is 8.42 Å². The van der Waals surface area contributed by atoms with Gasteiger partial charge in [0.25, 0.3) is 0 Å². The van der Waals surface area contributed by atoms with Crippen LogP contribution in [-0.4, -0.2) is 68.9 Å². The molecule has 1 rings (SSSR count). The predicted octanol–water partition coefficient (Wildman–Crippen LogP) is 2.61. The number of rotatable bonds is 14. The van der Waals surface area contributed by atoms with Gasteiger partial charge in [0.05, 0.1) is 13.2 Å². The van der Waals surface area contributed by atoms with Gasteiger partial charge in [-0.3, -0.25) is 9.45 Å². The van der Waals surface area contributed by atoms with Gasteiger partial charge in [-0.15, -0.1) is 0 Å². The predicted molar refractivity (Wildman–Crippen MR) is 106 cm³/mol. The molecular formula is C18H40N2O5S. The molecule has 1 saturated heterocycles. The number of β-amino-alcohol motifs (C(OH)–C–C–N with tert-alkyl or cyclic N) is 1. The molecule has 0 aliphatic carbocycles. The standard InChI is InChI=1S/C12H26O4S.C6H14N2O/c1-2-3-4-5-6-7-8-9-10-11-12-16-17(13,14)15;9-6-5-8-3-1-7-2-4-8/h2-12H2,1H3,(H,13,14,15);7,9H,1-6H2. The summed E-state index contributed by atoms with van der Waals surface area (Å²) in [7, 11) is -4.23. The van der Waals surface area contributed by atoms with Crippen LogP contribution in [0.3, 0.4) is 0 Å². The third-order valence-corrected chi connectivity index (χ3v) is 4.82. The van der Waals surface area contributed by atoms with E-state index >= 15 is 0 Å². The lowest BCUT2D eigenvalue weighted by molar-refractivity contribution is 0.180. The maximum atomic E-state index is 10.2. The molecule has 26 heavy (non-hydrogen) atoms. The SMILES string of the molecule is CCCCCCCCCCCCOS(=O)(=O)O.OCCN1CCNCC1. The van der Waals surface area contributed by atoms with E-state index in [0.717, 1.165) is 45.6 Å². The molecule has 0 radical (unpaired) electrons. The molecule has 1 heterocycles. The van der Waals surface area contributed by atoms with Gasteiger partial charge in [-0.05, 0) is 6.42 Å². The number of nitrogens with zero attached hydrogens (tertiary/aromatic N) is 1. The van der Waals surface area contributed by atoms with Crippen LogP contribution in [0, 0.1) is 0 Å². The van der Waals surface area contributed by atoms with Crippen molar-refractivity contribution in [3.8, 4) is 0 Å². The fourth-order valence-electron chi connectivity index (χ4n) is 2.83. The molecule has 0 amide bonds. The number of hydrogen-bond acceptors (Lipinski definition) is 6. The highest BCUT2D eigenvalue weighted by atomic mass is 32.3. The Morgan fingerprint density at radius 1 is 0.923 bits per heavy atom. The lowest BCUT2D eigenvalue weighted by Crippen LogP contribution is -2.44. The van der Waals surface area contributed by atoms with E-state index < -0.39 is 10.4 Å². The summed E-state index contributed by atoms with van der Waals surface area (Å²) in [6.07, 6.45) is 11.9. The largest absolute Gasteiger partial charge is 0.397 e. The summed E-state index contributed by atoms with van der Waals surface area (Å²) in [5.74, 6) is 0. The molecule has 1 fully saturated rings. The summed E-state index contributed by atoms with van der Waals surface area (Å²) in [6.45, 7) is 7.74. The van der Waals surface area contributed by atoms with Crippen LogP contribution < -0.4 is 5.32 Å². The maximum absolute atomic E-state index is 10.2. The Kier molecular flexibility index (Phi) is 18.0. The van der Waals surface area contributed by atoms with Crippen molar-refractivity contribution >= 4 is 10.4 Å². The number of piperazine rings is 1. The van der Waals surface area contributed by atoms with Gasteiger partial charge in [0, 0.05) is 32.7 Å². The minimum Gasteiger partial charge on any atom is -0.395 e. The Bertz CT molecular complexity index is 384. The van der Waals surface area contributed by atoms with Crippen LogP contribution in [0.15, 0.2) is 0 Å².